The molecule has 1 aliphatic rings. The molecule has 0 bridgehead atoms. The van der Waals surface area contributed by atoms with E-state index in [1.165, 1.54) is 12.0 Å². The van der Waals surface area contributed by atoms with E-state index >= 15 is 0 Å². The van der Waals surface area contributed by atoms with Gasteiger partial charge >= 0.3 is 12.1 Å². The van der Waals surface area contributed by atoms with E-state index in [9.17, 15) is 14.4 Å². The van der Waals surface area contributed by atoms with Crippen molar-refractivity contribution < 1.29 is 23.9 Å². The number of carbonyl (C=O) groups excluding carboxylic acids is 3. The number of halogens is 1. The van der Waals surface area contributed by atoms with Gasteiger partial charge in [0, 0.05) is 29.9 Å². The molecule has 1 saturated heterocycles. The standard InChI is InChI=1S/C20H27BrN2O5/c1-20(2,3)28-19(26)23-12-14(11-16(23)18(25)27-4)22-17(24)10-9-13-7-5-6-8-15(13)21/h5-8,14,16H,9-12H2,1-4H3,(H,22,24)/t14-,16+/m1/s1. The van der Waals surface area contributed by atoms with Crippen LogP contribution in [0.2, 0.25) is 0 Å². The summed E-state index contributed by atoms with van der Waals surface area (Å²) in [6.07, 6.45) is 0.616. The molecule has 0 aromatic heterocycles. The molecule has 0 saturated carbocycles. The summed E-state index contributed by atoms with van der Waals surface area (Å²) in [6, 6.07) is 6.64. The number of ether oxygens (including phenoxy) is 2. The van der Waals surface area contributed by atoms with Gasteiger partial charge in [-0.2, -0.15) is 0 Å². The summed E-state index contributed by atoms with van der Waals surface area (Å²) in [6.45, 7) is 5.48. The summed E-state index contributed by atoms with van der Waals surface area (Å²) in [7, 11) is 1.28. The van der Waals surface area contributed by atoms with Gasteiger partial charge in [0.1, 0.15) is 11.6 Å². The highest BCUT2D eigenvalue weighted by atomic mass is 79.9. The maximum Gasteiger partial charge on any atom is 0.411 e. The minimum absolute atomic E-state index is 0.129. The number of amides is 2. The number of rotatable bonds is 5. The van der Waals surface area contributed by atoms with E-state index in [-0.39, 0.29) is 18.5 Å². The maximum atomic E-state index is 12.4. The highest BCUT2D eigenvalue weighted by molar-refractivity contribution is 9.10. The van der Waals surface area contributed by atoms with Gasteiger partial charge in [-0.1, -0.05) is 34.1 Å². The van der Waals surface area contributed by atoms with E-state index in [0.29, 0.717) is 19.3 Å². The van der Waals surface area contributed by atoms with Gasteiger partial charge in [0.2, 0.25) is 5.91 Å². The maximum absolute atomic E-state index is 12.4. The summed E-state index contributed by atoms with van der Waals surface area (Å²) in [5.41, 5.74) is 0.370. The van der Waals surface area contributed by atoms with E-state index < -0.39 is 23.7 Å². The zero-order valence-electron chi connectivity index (χ0n) is 16.7. The first-order valence-electron chi connectivity index (χ1n) is 9.21. The Morgan fingerprint density at radius 3 is 2.54 bits per heavy atom. The molecule has 0 aliphatic carbocycles. The summed E-state index contributed by atoms with van der Waals surface area (Å²) in [5.74, 6) is -0.647. The first kappa shape index (κ1) is 22.2. The first-order valence-corrected chi connectivity index (χ1v) is 10.00. The third kappa shape index (κ3) is 6.22. The molecule has 1 aliphatic heterocycles. The predicted octanol–water partition coefficient (Wildman–Crippen LogP) is 3.05. The highest BCUT2D eigenvalue weighted by Crippen LogP contribution is 2.23. The second kappa shape index (κ2) is 9.41. The topological polar surface area (TPSA) is 84.9 Å². The van der Waals surface area contributed by atoms with Crippen LogP contribution in [0.5, 0.6) is 0 Å². The summed E-state index contributed by atoms with van der Waals surface area (Å²) in [4.78, 5) is 38.2. The molecule has 1 aromatic carbocycles. The van der Waals surface area contributed by atoms with Crippen LogP contribution >= 0.6 is 15.9 Å². The summed E-state index contributed by atoms with van der Waals surface area (Å²) >= 11 is 3.47. The number of benzene rings is 1. The smallest absolute Gasteiger partial charge is 0.411 e. The third-order valence-electron chi connectivity index (χ3n) is 4.35. The molecule has 0 unspecified atom stereocenters. The van der Waals surface area contributed by atoms with Crippen LogP contribution in [0.25, 0.3) is 0 Å². The molecule has 8 heteroatoms. The number of hydrogen-bond acceptors (Lipinski definition) is 5. The van der Waals surface area contributed by atoms with Crippen molar-refractivity contribution in [1.82, 2.24) is 10.2 Å². The zero-order chi connectivity index (χ0) is 20.9. The van der Waals surface area contributed by atoms with Gasteiger partial charge in [0.05, 0.1) is 7.11 Å². The number of aryl methyl sites for hydroxylation is 1. The fourth-order valence-corrected chi connectivity index (χ4v) is 3.55. The van der Waals surface area contributed by atoms with Crippen molar-refractivity contribution >= 4 is 33.9 Å². The Morgan fingerprint density at radius 1 is 1.25 bits per heavy atom. The van der Waals surface area contributed by atoms with Crippen molar-refractivity contribution in [3.8, 4) is 0 Å². The van der Waals surface area contributed by atoms with Crippen LogP contribution in [0.1, 0.15) is 39.2 Å². The van der Waals surface area contributed by atoms with Crippen LogP contribution in [0, 0.1) is 0 Å². The lowest BCUT2D eigenvalue weighted by molar-refractivity contribution is -0.145. The van der Waals surface area contributed by atoms with E-state index in [1.807, 2.05) is 24.3 Å². The Hall–Kier alpha value is -2.09. The molecule has 2 rings (SSSR count). The lowest BCUT2D eigenvalue weighted by Crippen LogP contribution is -2.44. The highest BCUT2D eigenvalue weighted by Gasteiger charge is 2.42. The van der Waals surface area contributed by atoms with Gasteiger partial charge in [-0.25, -0.2) is 9.59 Å². The fraction of sp³-hybridized carbons (Fsp3) is 0.550. The molecule has 7 nitrogen and oxygen atoms in total. The number of esters is 1. The zero-order valence-corrected chi connectivity index (χ0v) is 18.2. The normalized spacial score (nSPS) is 19.2. The van der Waals surface area contributed by atoms with Gasteiger partial charge < -0.3 is 14.8 Å². The van der Waals surface area contributed by atoms with Crippen molar-refractivity contribution in [2.75, 3.05) is 13.7 Å². The molecule has 1 N–H and O–H groups in total. The number of nitrogens with zero attached hydrogens (tertiary/aromatic N) is 1. The largest absolute Gasteiger partial charge is 0.467 e. The number of likely N-dealkylation sites (tertiary alicyclic amines) is 1. The lowest BCUT2D eigenvalue weighted by atomic mass is 10.1. The minimum atomic E-state index is -0.770. The number of hydrogen-bond donors (Lipinski definition) is 1. The second-order valence-corrected chi connectivity index (χ2v) is 8.62. The SMILES string of the molecule is COC(=O)[C@@H]1C[C@@H](NC(=O)CCc2ccccc2Br)CN1C(=O)OC(C)(C)C. The van der Waals surface area contributed by atoms with E-state index in [2.05, 4.69) is 21.2 Å². The number of carbonyl (C=O) groups is 3. The summed E-state index contributed by atoms with van der Waals surface area (Å²) < 4.78 is 11.2. The van der Waals surface area contributed by atoms with Crippen LogP contribution < -0.4 is 5.32 Å². The Morgan fingerprint density at radius 2 is 1.93 bits per heavy atom. The van der Waals surface area contributed by atoms with Crippen LogP contribution in [0.4, 0.5) is 4.79 Å². The van der Waals surface area contributed by atoms with Crippen molar-refractivity contribution in [2.45, 2.75) is 57.7 Å². The van der Waals surface area contributed by atoms with Gasteiger partial charge in [-0.05, 0) is 38.8 Å². The molecule has 0 radical (unpaired) electrons. The molecule has 154 valence electrons. The first-order chi connectivity index (χ1) is 13.1. The Bertz CT molecular complexity index is 732. The molecule has 2 amide bonds. The Kier molecular flexibility index (Phi) is 7.46. The molecule has 2 atom stereocenters. The predicted molar refractivity (Wildman–Crippen MR) is 108 cm³/mol. The fourth-order valence-electron chi connectivity index (χ4n) is 3.07. The molecule has 1 heterocycles. The molecular weight excluding hydrogens is 428 g/mol. The van der Waals surface area contributed by atoms with Gasteiger partial charge in [-0.3, -0.25) is 9.69 Å². The van der Waals surface area contributed by atoms with Crippen molar-refractivity contribution in [1.29, 1.82) is 0 Å². The van der Waals surface area contributed by atoms with Gasteiger partial charge in [0.15, 0.2) is 0 Å². The molecule has 1 aromatic rings. The lowest BCUT2D eigenvalue weighted by Gasteiger charge is -2.27. The number of methoxy groups -OCH3 is 1. The van der Waals surface area contributed by atoms with E-state index in [1.54, 1.807) is 20.8 Å². The number of nitrogens with one attached hydrogen (secondary N) is 1. The minimum Gasteiger partial charge on any atom is -0.467 e. The average Bonchev–Trinajstić information content (AvgIpc) is 3.03. The molecular formula is C20H27BrN2O5. The monoisotopic (exact) mass is 454 g/mol. The van der Waals surface area contributed by atoms with Crippen LogP contribution in [0.15, 0.2) is 28.7 Å². The van der Waals surface area contributed by atoms with Gasteiger partial charge in [0.25, 0.3) is 0 Å². The van der Waals surface area contributed by atoms with Crippen molar-refractivity contribution in [2.24, 2.45) is 0 Å². The Labute approximate surface area is 173 Å². The quantitative estimate of drug-likeness (QED) is 0.690. The van der Waals surface area contributed by atoms with Crippen molar-refractivity contribution in [3.05, 3.63) is 34.3 Å². The Balaban J connectivity index is 1.96. The average molecular weight is 455 g/mol. The second-order valence-electron chi connectivity index (χ2n) is 7.76. The molecule has 28 heavy (non-hydrogen) atoms. The third-order valence-corrected chi connectivity index (χ3v) is 5.12. The van der Waals surface area contributed by atoms with E-state index in [0.717, 1.165) is 10.0 Å². The summed E-state index contributed by atoms with van der Waals surface area (Å²) in [5, 5.41) is 2.91. The molecule has 1 fully saturated rings. The van der Waals surface area contributed by atoms with Crippen molar-refractivity contribution in [3.63, 3.8) is 0 Å². The van der Waals surface area contributed by atoms with Crippen LogP contribution in [0.3, 0.4) is 0 Å². The van der Waals surface area contributed by atoms with Crippen LogP contribution in [-0.2, 0) is 25.5 Å². The van der Waals surface area contributed by atoms with Gasteiger partial charge in [-0.15, -0.1) is 0 Å². The van der Waals surface area contributed by atoms with Crippen LogP contribution in [-0.4, -0.2) is 54.2 Å². The molecule has 0 spiro atoms. The van der Waals surface area contributed by atoms with E-state index in [4.69, 9.17) is 9.47 Å².